The van der Waals surface area contributed by atoms with E-state index in [4.69, 9.17) is 9.47 Å². The molecule has 2 fully saturated rings. The molecule has 0 radical (unpaired) electrons. The van der Waals surface area contributed by atoms with Crippen molar-refractivity contribution in [3.8, 4) is 5.75 Å². The molecule has 32 heavy (non-hydrogen) atoms. The Bertz CT molecular complexity index is 923. The van der Waals surface area contributed by atoms with Gasteiger partial charge in [-0.15, -0.1) is 0 Å². The highest BCUT2D eigenvalue weighted by Crippen LogP contribution is 2.31. The third-order valence-corrected chi connectivity index (χ3v) is 6.26. The summed E-state index contributed by atoms with van der Waals surface area (Å²) in [5.41, 5.74) is 1.08. The second-order valence-electron chi connectivity index (χ2n) is 8.52. The number of hydrogen-bond donors (Lipinski definition) is 2. The molecule has 0 unspecified atom stereocenters. The summed E-state index contributed by atoms with van der Waals surface area (Å²) in [4.78, 5) is 32.2. The lowest BCUT2D eigenvalue weighted by Gasteiger charge is -2.24. The van der Waals surface area contributed by atoms with Gasteiger partial charge in [-0.25, -0.2) is 4.98 Å². The molecular formula is C23H31N5O4. The predicted molar refractivity (Wildman–Crippen MR) is 117 cm³/mol. The number of hydrogen-bond acceptors (Lipinski definition) is 6. The molecular weight excluding hydrogens is 410 g/mol. The molecule has 2 amide bonds. The minimum Gasteiger partial charge on any atom is -0.497 e. The molecule has 0 spiro atoms. The van der Waals surface area contributed by atoms with E-state index in [0.717, 1.165) is 24.2 Å². The first-order valence-electron chi connectivity index (χ1n) is 11.2. The molecule has 0 bridgehead atoms. The Hall–Kier alpha value is -2.94. The number of aromatic nitrogens is 3. The van der Waals surface area contributed by atoms with Gasteiger partial charge in [-0.3, -0.25) is 14.7 Å². The molecule has 1 aromatic heterocycles. The number of aryl methyl sites for hydroxylation is 2. The van der Waals surface area contributed by atoms with E-state index in [2.05, 4.69) is 20.5 Å². The van der Waals surface area contributed by atoms with Gasteiger partial charge in [-0.2, -0.15) is 5.10 Å². The van der Waals surface area contributed by atoms with Gasteiger partial charge in [0, 0.05) is 38.1 Å². The van der Waals surface area contributed by atoms with Crippen molar-refractivity contribution >= 4 is 11.8 Å². The van der Waals surface area contributed by atoms with Crippen LogP contribution in [0.1, 0.15) is 48.9 Å². The summed E-state index contributed by atoms with van der Waals surface area (Å²) in [5.74, 6) is 2.17. The molecule has 3 heterocycles. The summed E-state index contributed by atoms with van der Waals surface area (Å²) in [6, 6.07) is 7.39. The number of aromatic amines is 1. The lowest BCUT2D eigenvalue weighted by molar-refractivity contribution is -0.133. The van der Waals surface area contributed by atoms with Crippen LogP contribution in [0.5, 0.6) is 5.75 Å². The summed E-state index contributed by atoms with van der Waals surface area (Å²) >= 11 is 0. The molecule has 9 nitrogen and oxygen atoms in total. The number of ether oxygens (including phenoxy) is 2. The number of rotatable bonds is 7. The van der Waals surface area contributed by atoms with E-state index in [1.165, 1.54) is 0 Å². The second kappa shape index (κ2) is 10.1. The van der Waals surface area contributed by atoms with Crippen molar-refractivity contribution in [1.29, 1.82) is 0 Å². The molecule has 4 rings (SSSR count). The maximum Gasteiger partial charge on any atom is 0.223 e. The van der Waals surface area contributed by atoms with E-state index < -0.39 is 0 Å². The largest absolute Gasteiger partial charge is 0.497 e. The number of likely N-dealkylation sites (tertiary alicyclic amines) is 1. The highest BCUT2D eigenvalue weighted by molar-refractivity contribution is 5.80. The molecule has 2 aromatic rings. The first-order chi connectivity index (χ1) is 15.5. The standard InChI is InChI=1S/C23H31N5O4/c1-15-24-22(27-26-15)20-13-18(25-23(30)17-9-11-32-12-10-17)14-28(20)21(29)8-5-16-3-6-19(31-2)7-4-16/h3-4,6-7,17-18,20H,5,8-14H2,1-2H3,(H,25,30)(H,24,26,27)/t18-,20-/m0/s1. The molecule has 2 N–H and O–H groups in total. The van der Waals surface area contributed by atoms with Gasteiger partial charge in [0.15, 0.2) is 5.82 Å². The molecule has 0 saturated carbocycles. The van der Waals surface area contributed by atoms with Gasteiger partial charge in [0.05, 0.1) is 13.2 Å². The third-order valence-electron chi connectivity index (χ3n) is 6.26. The number of carbonyl (C=O) groups is 2. The highest BCUT2D eigenvalue weighted by atomic mass is 16.5. The van der Waals surface area contributed by atoms with Crippen molar-refractivity contribution in [3.63, 3.8) is 0 Å². The fourth-order valence-corrected chi connectivity index (χ4v) is 4.44. The van der Waals surface area contributed by atoms with E-state index in [1.54, 1.807) is 7.11 Å². The average Bonchev–Trinajstić information content (AvgIpc) is 3.44. The van der Waals surface area contributed by atoms with Crippen LogP contribution in [0.4, 0.5) is 0 Å². The van der Waals surface area contributed by atoms with Crippen molar-refractivity contribution in [2.75, 3.05) is 26.9 Å². The van der Waals surface area contributed by atoms with Gasteiger partial charge in [0.2, 0.25) is 11.8 Å². The van der Waals surface area contributed by atoms with Crippen LogP contribution in [0.25, 0.3) is 0 Å². The third kappa shape index (κ3) is 5.27. The van der Waals surface area contributed by atoms with E-state index in [0.29, 0.717) is 50.7 Å². The first-order valence-corrected chi connectivity index (χ1v) is 11.2. The number of methoxy groups -OCH3 is 1. The van der Waals surface area contributed by atoms with Gasteiger partial charge in [0.1, 0.15) is 11.6 Å². The zero-order valence-corrected chi connectivity index (χ0v) is 18.7. The van der Waals surface area contributed by atoms with Crippen LogP contribution >= 0.6 is 0 Å². The van der Waals surface area contributed by atoms with Crippen LogP contribution < -0.4 is 10.1 Å². The Morgan fingerprint density at radius 1 is 1.25 bits per heavy atom. The fraction of sp³-hybridized carbons (Fsp3) is 0.565. The number of amides is 2. The smallest absolute Gasteiger partial charge is 0.223 e. The molecule has 2 atom stereocenters. The number of nitrogens with zero attached hydrogens (tertiary/aromatic N) is 3. The SMILES string of the molecule is COc1ccc(CCC(=O)N2C[C@@H](NC(=O)C3CCOCC3)C[C@H]2c2n[nH]c(C)n2)cc1. The zero-order valence-electron chi connectivity index (χ0n) is 18.7. The minimum atomic E-state index is -0.247. The summed E-state index contributed by atoms with van der Waals surface area (Å²) in [7, 11) is 1.63. The lowest BCUT2D eigenvalue weighted by Crippen LogP contribution is -2.42. The summed E-state index contributed by atoms with van der Waals surface area (Å²) in [5, 5.41) is 10.3. The molecule has 2 aliphatic rings. The number of carbonyl (C=O) groups excluding carboxylic acids is 2. The van der Waals surface area contributed by atoms with Crippen LogP contribution in [0.15, 0.2) is 24.3 Å². The topological polar surface area (TPSA) is 109 Å². The predicted octanol–water partition coefficient (Wildman–Crippen LogP) is 1.94. The molecule has 1 aromatic carbocycles. The van der Waals surface area contributed by atoms with Crippen LogP contribution in [0, 0.1) is 12.8 Å². The summed E-state index contributed by atoms with van der Waals surface area (Å²) in [6.07, 6.45) is 3.12. The maximum atomic E-state index is 13.2. The van der Waals surface area contributed by atoms with Crippen LogP contribution in [-0.4, -0.2) is 64.8 Å². The minimum absolute atomic E-state index is 0.0206. The van der Waals surface area contributed by atoms with Gasteiger partial charge < -0.3 is 19.7 Å². The van der Waals surface area contributed by atoms with Gasteiger partial charge >= 0.3 is 0 Å². The van der Waals surface area contributed by atoms with Crippen molar-refractivity contribution in [3.05, 3.63) is 41.5 Å². The van der Waals surface area contributed by atoms with E-state index in [1.807, 2.05) is 36.1 Å². The lowest BCUT2D eigenvalue weighted by atomic mass is 9.99. The van der Waals surface area contributed by atoms with E-state index in [9.17, 15) is 9.59 Å². The summed E-state index contributed by atoms with van der Waals surface area (Å²) < 4.78 is 10.6. The van der Waals surface area contributed by atoms with Crippen molar-refractivity contribution in [2.45, 2.75) is 51.1 Å². The van der Waals surface area contributed by atoms with Crippen LogP contribution in [0.2, 0.25) is 0 Å². The van der Waals surface area contributed by atoms with Gasteiger partial charge in [0.25, 0.3) is 0 Å². The van der Waals surface area contributed by atoms with Crippen molar-refractivity contribution in [2.24, 2.45) is 5.92 Å². The summed E-state index contributed by atoms with van der Waals surface area (Å²) in [6.45, 7) is 3.55. The van der Waals surface area contributed by atoms with E-state index >= 15 is 0 Å². The monoisotopic (exact) mass is 441 g/mol. The Morgan fingerprint density at radius 2 is 2.00 bits per heavy atom. The Morgan fingerprint density at radius 3 is 2.66 bits per heavy atom. The normalized spacial score (nSPS) is 21.5. The number of nitrogens with one attached hydrogen (secondary N) is 2. The number of benzene rings is 1. The molecule has 9 heteroatoms. The maximum absolute atomic E-state index is 13.2. The van der Waals surface area contributed by atoms with Gasteiger partial charge in [-0.05, 0) is 50.3 Å². The van der Waals surface area contributed by atoms with Crippen molar-refractivity contribution in [1.82, 2.24) is 25.4 Å². The molecule has 0 aliphatic carbocycles. The highest BCUT2D eigenvalue weighted by Gasteiger charge is 2.39. The van der Waals surface area contributed by atoms with Crippen molar-refractivity contribution < 1.29 is 19.1 Å². The molecule has 2 saturated heterocycles. The first kappa shape index (κ1) is 22.3. The Balaban J connectivity index is 1.41. The Kier molecular flexibility index (Phi) is 7.04. The quantitative estimate of drug-likeness (QED) is 0.680. The zero-order chi connectivity index (χ0) is 22.5. The number of H-pyrrole nitrogens is 1. The van der Waals surface area contributed by atoms with Crippen LogP contribution in [-0.2, 0) is 20.7 Å². The average molecular weight is 442 g/mol. The molecule has 2 aliphatic heterocycles. The van der Waals surface area contributed by atoms with Crippen LogP contribution in [0.3, 0.4) is 0 Å². The van der Waals surface area contributed by atoms with E-state index in [-0.39, 0.29) is 29.8 Å². The Labute approximate surface area is 187 Å². The fourth-order valence-electron chi connectivity index (χ4n) is 4.44. The second-order valence-corrected chi connectivity index (χ2v) is 8.52. The van der Waals surface area contributed by atoms with Gasteiger partial charge in [-0.1, -0.05) is 12.1 Å². The molecule has 172 valence electrons.